The van der Waals surface area contributed by atoms with E-state index in [0.29, 0.717) is 23.8 Å². The summed E-state index contributed by atoms with van der Waals surface area (Å²) in [7, 11) is 0. The van der Waals surface area contributed by atoms with Crippen molar-refractivity contribution in [3.63, 3.8) is 0 Å². The highest BCUT2D eigenvalue weighted by molar-refractivity contribution is 5.90. The molecule has 0 amide bonds. The fourth-order valence-electron chi connectivity index (χ4n) is 2.30. The number of ether oxygens (including phenoxy) is 2. The second-order valence-corrected chi connectivity index (χ2v) is 5.48. The van der Waals surface area contributed by atoms with Gasteiger partial charge in [-0.1, -0.05) is 18.2 Å². The molecule has 132 valence electrons. The summed E-state index contributed by atoms with van der Waals surface area (Å²) in [4.78, 5) is 20.3. The maximum absolute atomic E-state index is 11.8. The van der Waals surface area contributed by atoms with E-state index in [1.807, 2.05) is 54.6 Å². The van der Waals surface area contributed by atoms with Gasteiger partial charge < -0.3 is 14.8 Å². The van der Waals surface area contributed by atoms with Crippen LogP contribution >= 0.6 is 0 Å². The van der Waals surface area contributed by atoms with Crippen molar-refractivity contribution in [3.8, 4) is 11.5 Å². The largest absolute Gasteiger partial charge is 0.462 e. The number of nitrogens with zero attached hydrogens (tertiary/aromatic N) is 2. The quantitative estimate of drug-likeness (QED) is 0.661. The second kappa shape index (κ2) is 8.11. The zero-order valence-electron chi connectivity index (χ0n) is 14.6. The van der Waals surface area contributed by atoms with Gasteiger partial charge in [0.25, 0.3) is 0 Å². The van der Waals surface area contributed by atoms with Gasteiger partial charge in [-0.3, -0.25) is 0 Å². The maximum atomic E-state index is 11.8. The SMILES string of the molecule is CCOC(=O)c1cnc(Nc2ccc(Oc3ccccc3)cc2)nc1C. The first kappa shape index (κ1) is 17.4. The summed E-state index contributed by atoms with van der Waals surface area (Å²) in [5.41, 5.74) is 1.74. The lowest BCUT2D eigenvalue weighted by Gasteiger charge is -2.09. The number of benzene rings is 2. The number of esters is 1. The van der Waals surface area contributed by atoms with Crippen LogP contribution in [0, 0.1) is 6.92 Å². The molecule has 0 spiro atoms. The predicted octanol–water partition coefficient (Wildman–Crippen LogP) is 4.50. The Hall–Kier alpha value is -3.41. The molecule has 3 rings (SSSR count). The van der Waals surface area contributed by atoms with Gasteiger partial charge >= 0.3 is 5.97 Å². The normalized spacial score (nSPS) is 10.2. The summed E-state index contributed by atoms with van der Waals surface area (Å²) >= 11 is 0. The van der Waals surface area contributed by atoms with Gasteiger partial charge in [-0.05, 0) is 50.2 Å². The lowest BCUT2D eigenvalue weighted by atomic mass is 10.2. The van der Waals surface area contributed by atoms with Crippen LogP contribution in [0.3, 0.4) is 0 Å². The minimum atomic E-state index is -0.418. The number of hydrogen-bond donors (Lipinski definition) is 1. The Kier molecular flexibility index (Phi) is 5.43. The van der Waals surface area contributed by atoms with E-state index >= 15 is 0 Å². The van der Waals surface area contributed by atoms with E-state index in [4.69, 9.17) is 9.47 Å². The van der Waals surface area contributed by atoms with Crippen LogP contribution in [0.2, 0.25) is 0 Å². The van der Waals surface area contributed by atoms with Crippen molar-refractivity contribution in [2.24, 2.45) is 0 Å². The van der Waals surface area contributed by atoms with Crippen LogP contribution in [0.4, 0.5) is 11.6 Å². The maximum Gasteiger partial charge on any atom is 0.341 e. The molecule has 0 aliphatic rings. The van der Waals surface area contributed by atoms with Crippen molar-refractivity contribution >= 4 is 17.6 Å². The number of aromatic nitrogens is 2. The highest BCUT2D eigenvalue weighted by Gasteiger charge is 2.12. The third-order valence-corrected chi connectivity index (χ3v) is 3.56. The zero-order chi connectivity index (χ0) is 18.4. The number of nitrogens with one attached hydrogen (secondary N) is 1. The Morgan fingerprint density at radius 3 is 2.38 bits per heavy atom. The van der Waals surface area contributed by atoms with Crippen LogP contribution < -0.4 is 10.1 Å². The molecular weight excluding hydrogens is 330 g/mol. The molecule has 26 heavy (non-hydrogen) atoms. The van der Waals surface area contributed by atoms with Crippen molar-refractivity contribution in [3.05, 3.63) is 72.1 Å². The second-order valence-electron chi connectivity index (χ2n) is 5.48. The van der Waals surface area contributed by atoms with E-state index in [1.165, 1.54) is 6.20 Å². The average Bonchev–Trinajstić information content (AvgIpc) is 2.64. The van der Waals surface area contributed by atoms with Crippen LogP contribution in [0.1, 0.15) is 23.0 Å². The minimum Gasteiger partial charge on any atom is -0.462 e. The van der Waals surface area contributed by atoms with E-state index in [2.05, 4.69) is 15.3 Å². The van der Waals surface area contributed by atoms with Crippen LogP contribution in [0.5, 0.6) is 11.5 Å². The molecule has 0 saturated heterocycles. The third-order valence-electron chi connectivity index (χ3n) is 3.56. The number of rotatable bonds is 6. The number of aryl methyl sites for hydroxylation is 1. The van der Waals surface area contributed by atoms with Gasteiger partial charge in [-0.15, -0.1) is 0 Å². The molecule has 1 heterocycles. The van der Waals surface area contributed by atoms with Crippen LogP contribution in [-0.4, -0.2) is 22.5 Å². The van der Waals surface area contributed by atoms with Gasteiger partial charge in [-0.2, -0.15) is 0 Å². The van der Waals surface area contributed by atoms with E-state index < -0.39 is 5.97 Å². The van der Waals surface area contributed by atoms with Crippen LogP contribution in [0.15, 0.2) is 60.8 Å². The first-order valence-electron chi connectivity index (χ1n) is 8.26. The number of para-hydroxylation sites is 1. The van der Waals surface area contributed by atoms with E-state index in [0.717, 1.165) is 17.2 Å². The topological polar surface area (TPSA) is 73.3 Å². The molecule has 0 unspecified atom stereocenters. The summed E-state index contributed by atoms with van der Waals surface area (Å²) in [5.74, 6) is 1.50. The Morgan fingerprint density at radius 1 is 1.04 bits per heavy atom. The van der Waals surface area contributed by atoms with Gasteiger partial charge in [-0.25, -0.2) is 14.8 Å². The molecular formula is C20H19N3O3. The van der Waals surface area contributed by atoms with Crippen molar-refractivity contribution in [1.29, 1.82) is 0 Å². The molecule has 6 heteroatoms. The molecule has 3 aromatic rings. The lowest BCUT2D eigenvalue weighted by Crippen LogP contribution is -2.10. The summed E-state index contributed by atoms with van der Waals surface area (Å²) in [6.45, 7) is 3.82. The fraction of sp³-hybridized carbons (Fsp3) is 0.150. The molecule has 0 radical (unpaired) electrons. The number of anilines is 2. The molecule has 0 atom stereocenters. The third kappa shape index (κ3) is 4.36. The van der Waals surface area contributed by atoms with Gasteiger partial charge in [0.1, 0.15) is 11.5 Å². The van der Waals surface area contributed by atoms with Gasteiger partial charge in [0, 0.05) is 11.9 Å². The monoisotopic (exact) mass is 349 g/mol. The molecule has 0 fully saturated rings. The van der Waals surface area contributed by atoms with Gasteiger partial charge in [0.2, 0.25) is 5.95 Å². The minimum absolute atomic E-state index is 0.315. The van der Waals surface area contributed by atoms with Crippen molar-refractivity contribution in [2.75, 3.05) is 11.9 Å². The molecule has 0 aliphatic heterocycles. The lowest BCUT2D eigenvalue weighted by molar-refractivity contribution is 0.0524. The molecule has 0 saturated carbocycles. The smallest absolute Gasteiger partial charge is 0.341 e. The van der Waals surface area contributed by atoms with Crippen molar-refractivity contribution in [2.45, 2.75) is 13.8 Å². The summed E-state index contributed by atoms with van der Waals surface area (Å²) < 4.78 is 10.7. The molecule has 1 N–H and O–H groups in total. The molecule has 0 bridgehead atoms. The van der Waals surface area contributed by atoms with Crippen molar-refractivity contribution in [1.82, 2.24) is 9.97 Å². The summed E-state index contributed by atoms with van der Waals surface area (Å²) in [5, 5.41) is 3.10. The molecule has 0 aliphatic carbocycles. The average molecular weight is 349 g/mol. The van der Waals surface area contributed by atoms with E-state index in [-0.39, 0.29) is 0 Å². The Bertz CT molecular complexity index is 881. The van der Waals surface area contributed by atoms with Crippen molar-refractivity contribution < 1.29 is 14.3 Å². The Morgan fingerprint density at radius 2 is 1.73 bits per heavy atom. The highest BCUT2D eigenvalue weighted by atomic mass is 16.5. The Balaban J connectivity index is 1.67. The molecule has 1 aromatic heterocycles. The van der Waals surface area contributed by atoms with Crippen LogP contribution in [-0.2, 0) is 4.74 Å². The summed E-state index contributed by atoms with van der Waals surface area (Å²) in [6.07, 6.45) is 1.47. The first-order chi connectivity index (χ1) is 12.7. The molecule has 6 nitrogen and oxygen atoms in total. The number of hydrogen-bond acceptors (Lipinski definition) is 6. The van der Waals surface area contributed by atoms with E-state index in [9.17, 15) is 4.79 Å². The van der Waals surface area contributed by atoms with Gasteiger partial charge in [0.05, 0.1) is 17.9 Å². The molecule has 2 aromatic carbocycles. The number of carbonyl (C=O) groups is 1. The standard InChI is InChI=1S/C20H19N3O3/c1-3-25-19(24)18-13-21-20(22-14(18)2)23-15-9-11-17(12-10-15)26-16-7-5-4-6-8-16/h4-13H,3H2,1-2H3,(H,21,22,23). The van der Waals surface area contributed by atoms with E-state index in [1.54, 1.807) is 13.8 Å². The number of carbonyl (C=O) groups excluding carboxylic acids is 1. The Labute approximate surface area is 151 Å². The van der Waals surface area contributed by atoms with Crippen LogP contribution in [0.25, 0.3) is 0 Å². The first-order valence-corrected chi connectivity index (χ1v) is 8.26. The highest BCUT2D eigenvalue weighted by Crippen LogP contribution is 2.23. The fourth-order valence-corrected chi connectivity index (χ4v) is 2.30. The van der Waals surface area contributed by atoms with Gasteiger partial charge in [0.15, 0.2) is 0 Å². The zero-order valence-corrected chi connectivity index (χ0v) is 14.6. The summed E-state index contributed by atoms with van der Waals surface area (Å²) in [6, 6.07) is 17.0. The predicted molar refractivity (Wildman–Crippen MR) is 99.0 cm³/mol.